The Morgan fingerprint density at radius 1 is 1.48 bits per heavy atom. The molecule has 0 spiro atoms. The Bertz CT molecular complexity index is 488. The summed E-state index contributed by atoms with van der Waals surface area (Å²) in [7, 11) is 1.98. The van der Waals surface area contributed by atoms with Crippen LogP contribution in [-0.4, -0.2) is 30.5 Å². The maximum Gasteiger partial charge on any atom is 0.265 e. The molecule has 3 N–H and O–H groups in total. The van der Waals surface area contributed by atoms with E-state index in [4.69, 9.17) is 5.73 Å². The van der Waals surface area contributed by atoms with Crippen LogP contribution >= 0.6 is 11.3 Å². The lowest BCUT2D eigenvalue weighted by Crippen LogP contribution is -2.40. The van der Waals surface area contributed by atoms with Gasteiger partial charge in [0.2, 0.25) is 0 Å². The molecular formula is C15H26N4OS. The number of hydrogen-bond acceptors (Lipinski definition) is 5. The minimum atomic E-state index is -0.0695. The smallest absolute Gasteiger partial charge is 0.265 e. The highest BCUT2D eigenvalue weighted by molar-refractivity contribution is 7.18. The van der Waals surface area contributed by atoms with Gasteiger partial charge in [-0.05, 0) is 25.2 Å². The molecule has 1 aromatic rings. The van der Waals surface area contributed by atoms with E-state index in [-0.39, 0.29) is 11.9 Å². The van der Waals surface area contributed by atoms with Crippen LogP contribution in [0.2, 0.25) is 0 Å². The van der Waals surface area contributed by atoms with Gasteiger partial charge in [0, 0.05) is 19.6 Å². The highest BCUT2D eigenvalue weighted by atomic mass is 32.1. The molecule has 1 fully saturated rings. The van der Waals surface area contributed by atoms with Gasteiger partial charge >= 0.3 is 0 Å². The summed E-state index contributed by atoms with van der Waals surface area (Å²) in [6, 6.07) is 0.268. The minimum Gasteiger partial charge on any atom is -0.382 e. The summed E-state index contributed by atoms with van der Waals surface area (Å²) in [5.74, 6) is 0.817. The van der Waals surface area contributed by atoms with Crippen molar-refractivity contribution in [2.24, 2.45) is 5.92 Å². The number of anilines is 2. The predicted molar refractivity (Wildman–Crippen MR) is 89.0 cm³/mol. The van der Waals surface area contributed by atoms with Gasteiger partial charge in [-0.25, -0.2) is 4.98 Å². The monoisotopic (exact) mass is 310 g/mol. The van der Waals surface area contributed by atoms with Crippen LogP contribution in [-0.2, 0) is 0 Å². The van der Waals surface area contributed by atoms with E-state index in [1.165, 1.54) is 30.6 Å². The number of carbonyl (C=O) groups excluding carboxylic acids is 1. The zero-order chi connectivity index (χ0) is 15.4. The van der Waals surface area contributed by atoms with E-state index < -0.39 is 0 Å². The third kappa shape index (κ3) is 3.87. The van der Waals surface area contributed by atoms with Gasteiger partial charge in [-0.3, -0.25) is 4.79 Å². The fraction of sp³-hybridized carbons (Fsp3) is 0.733. The second-order valence-corrected chi connectivity index (χ2v) is 6.95. The lowest BCUT2D eigenvalue weighted by molar-refractivity contribution is 0.0915. The molecule has 0 aliphatic heterocycles. The maximum atomic E-state index is 12.4. The van der Waals surface area contributed by atoms with Crippen molar-refractivity contribution in [2.45, 2.75) is 52.0 Å². The maximum absolute atomic E-state index is 12.4. The Balaban J connectivity index is 2.05. The zero-order valence-corrected chi connectivity index (χ0v) is 14.0. The molecule has 118 valence electrons. The third-order valence-electron chi connectivity index (χ3n) is 4.16. The van der Waals surface area contributed by atoms with Gasteiger partial charge in [-0.15, -0.1) is 0 Å². The number of amides is 1. The molecule has 2 rings (SSSR count). The van der Waals surface area contributed by atoms with Gasteiger partial charge in [-0.2, -0.15) is 0 Å². The number of thiazole rings is 1. The summed E-state index contributed by atoms with van der Waals surface area (Å²) in [4.78, 5) is 19.3. The number of hydrogen-bond donors (Lipinski definition) is 2. The van der Waals surface area contributed by atoms with Gasteiger partial charge in [0.15, 0.2) is 5.13 Å². The molecule has 1 aromatic heterocycles. The Labute approximate surface area is 130 Å². The van der Waals surface area contributed by atoms with Crippen LogP contribution in [0.4, 0.5) is 10.9 Å². The Hall–Kier alpha value is -1.30. The van der Waals surface area contributed by atoms with Crippen LogP contribution in [0, 0.1) is 5.92 Å². The first-order valence-corrected chi connectivity index (χ1v) is 8.62. The summed E-state index contributed by atoms with van der Waals surface area (Å²) >= 11 is 1.38. The molecule has 5 nitrogen and oxygen atoms in total. The number of aromatic nitrogens is 1. The quantitative estimate of drug-likeness (QED) is 0.877. The molecule has 0 aromatic carbocycles. The first kappa shape index (κ1) is 16.1. The van der Waals surface area contributed by atoms with Crippen molar-refractivity contribution < 1.29 is 4.79 Å². The fourth-order valence-corrected chi connectivity index (χ4v) is 3.72. The molecule has 0 radical (unpaired) electrons. The van der Waals surface area contributed by atoms with Crippen LogP contribution in [0.15, 0.2) is 0 Å². The van der Waals surface area contributed by atoms with E-state index in [1.807, 2.05) is 11.9 Å². The molecule has 6 heteroatoms. The molecule has 2 atom stereocenters. The second kappa shape index (κ2) is 7.11. The van der Waals surface area contributed by atoms with Crippen LogP contribution < -0.4 is 16.0 Å². The molecule has 1 saturated carbocycles. The lowest BCUT2D eigenvalue weighted by atomic mass is 9.86. The summed E-state index contributed by atoms with van der Waals surface area (Å²) in [5, 5.41) is 3.96. The minimum absolute atomic E-state index is 0.0695. The Morgan fingerprint density at radius 3 is 2.86 bits per heavy atom. The van der Waals surface area contributed by atoms with E-state index in [0.29, 0.717) is 16.6 Å². The first-order valence-electron chi connectivity index (χ1n) is 7.81. The van der Waals surface area contributed by atoms with E-state index in [9.17, 15) is 4.79 Å². The molecule has 0 bridgehead atoms. The van der Waals surface area contributed by atoms with E-state index >= 15 is 0 Å². The lowest BCUT2D eigenvalue weighted by Gasteiger charge is -2.29. The van der Waals surface area contributed by atoms with Gasteiger partial charge in [0.1, 0.15) is 10.7 Å². The van der Waals surface area contributed by atoms with Crippen LogP contribution in [0.3, 0.4) is 0 Å². The average Bonchev–Trinajstić information content (AvgIpc) is 2.84. The normalized spacial score (nSPS) is 22.0. The predicted octanol–water partition coefficient (Wildman–Crippen LogP) is 2.88. The Morgan fingerprint density at radius 2 is 2.19 bits per heavy atom. The Kier molecular flexibility index (Phi) is 5.45. The summed E-state index contributed by atoms with van der Waals surface area (Å²) < 4.78 is 0. The second-order valence-electron chi connectivity index (χ2n) is 5.97. The van der Waals surface area contributed by atoms with Crippen molar-refractivity contribution in [3.63, 3.8) is 0 Å². The van der Waals surface area contributed by atoms with E-state index in [1.54, 1.807) is 0 Å². The number of nitrogen functional groups attached to an aromatic ring is 1. The SMILES string of the molecule is CCCN(C)c1nc(N)c(C(=O)NC2CCCCC2C)s1. The molecule has 1 heterocycles. The largest absolute Gasteiger partial charge is 0.382 e. The number of nitrogens with two attached hydrogens (primary N) is 1. The summed E-state index contributed by atoms with van der Waals surface area (Å²) in [5.41, 5.74) is 5.93. The van der Waals surface area contributed by atoms with Crippen LogP contribution in [0.25, 0.3) is 0 Å². The molecule has 1 amide bonds. The summed E-state index contributed by atoms with van der Waals surface area (Å²) in [6.07, 6.45) is 5.75. The highest BCUT2D eigenvalue weighted by Crippen LogP contribution is 2.29. The van der Waals surface area contributed by atoms with E-state index in [0.717, 1.165) is 24.5 Å². The highest BCUT2D eigenvalue weighted by Gasteiger charge is 2.25. The molecule has 0 saturated heterocycles. The standard InChI is InChI=1S/C15H26N4OS/c1-4-9-19(3)15-18-13(16)12(21-15)14(20)17-11-8-6-5-7-10(11)2/h10-11H,4-9,16H2,1-3H3,(H,17,20). The van der Waals surface area contributed by atoms with E-state index in [2.05, 4.69) is 24.1 Å². The van der Waals surface area contributed by atoms with Gasteiger partial charge in [0.05, 0.1) is 0 Å². The molecular weight excluding hydrogens is 284 g/mol. The van der Waals surface area contributed by atoms with Crippen molar-refractivity contribution >= 4 is 28.2 Å². The van der Waals surface area contributed by atoms with Crippen molar-refractivity contribution in [1.82, 2.24) is 10.3 Å². The fourth-order valence-electron chi connectivity index (χ4n) is 2.84. The first-order chi connectivity index (χ1) is 10.0. The van der Waals surface area contributed by atoms with Crippen LogP contribution in [0.5, 0.6) is 0 Å². The topological polar surface area (TPSA) is 71.2 Å². The van der Waals surface area contributed by atoms with Crippen molar-refractivity contribution in [3.05, 3.63) is 4.88 Å². The van der Waals surface area contributed by atoms with Crippen molar-refractivity contribution in [2.75, 3.05) is 24.2 Å². The van der Waals surface area contributed by atoms with Gasteiger partial charge < -0.3 is 16.0 Å². The average molecular weight is 310 g/mol. The van der Waals surface area contributed by atoms with Crippen LogP contribution in [0.1, 0.15) is 55.6 Å². The number of carbonyl (C=O) groups is 1. The molecule has 1 aliphatic carbocycles. The number of nitrogens with one attached hydrogen (secondary N) is 1. The van der Waals surface area contributed by atoms with Gasteiger partial charge in [0.25, 0.3) is 5.91 Å². The third-order valence-corrected chi connectivity index (χ3v) is 5.35. The zero-order valence-electron chi connectivity index (χ0n) is 13.2. The molecule has 21 heavy (non-hydrogen) atoms. The molecule has 1 aliphatic rings. The number of nitrogens with zero attached hydrogens (tertiary/aromatic N) is 2. The van der Waals surface area contributed by atoms with Crippen molar-refractivity contribution in [3.8, 4) is 0 Å². The van der Waals surface area contributed by atoms with Crippen molar-refractivity contribution in [1.29, 1.82) is 0 Å². The number of rotatable bonds is 5. The van der Waals surface area contributed by atoms with Gasteiger partial charge in [-0.1, -0.05) is 38.0 Å². The molecule has 2 unspecified atom stereocenters. The summed E-state index contributed by atoms with van der Waals surface area (Å²) in [6.45, 7) is 5.24.